The number of carboxylic acids is 1. The van der Waals surface area contributed by atoms with Crippen LogP contribution in [0.4, 0.5) is 5.82 Å². The van der Waals surface area contributed by atoms with Crippen LogP contribution in [0, 0.1) is 6.92 Å². The lowest BCUT2D eigenvalue weighted by molar-refractivity contribution is -0.160. The number of nitrogens with zero attached hydrogens (tertiary/aromatic N) is 3. The molecule has 220 valence electrons. The second-order valence-electron chi connectivity index (χ2n) is 11.7. The Morgan fingerprint density at radius 3 is 2.51 bits per heavy atom. The molecule has 0 amide bonds. The number of carbonyl (C=O) groups is 1. The average molecular weight is 614 g/mol. The number of thiazole rings is 1. The van der Waals surface area contributed by atoms with E-state index in [9.17, 15) is 9.90 Å². The van der Waals surface area contributed by atoms with E-state index >= 15 is 0 Å². The van der Waals surface area contributed by atoms with Gasteiger partial charge in [-0.15, -0.1) is 11.3 Å². The van der Waals surface area contributed by atoms with Gasteiger partial charge in [0.25, 0.3) is 0 Å². The summed E-state index contributed by atoms with van der Waals surface area (Å²) in [6.45, 7) is 8.93. The van der Waals surface area contributed by atoms with Crippen LogP contribution in [-0.4, -0.2) is 46.8 Å². The number of ether oxygens (including phenoxy) is 2. The standard InChI is InChI=1S/C34H32ClN3O4S/c1-19-17-25-30(28(20-9-11-23(35)12-10-20)27(19)29(33(39)40)42-34(2,3)4)43-32(37-25)22-8-6-7-21(18-22)24-13-14-26-31(36-24)38(5)15-16-41-26/h6-14,17-18,29H,15-16H2,1-5H3,(H,39,40). The molecule has 3 heterocycles. The number of aromatic nitrogens is 2. The maximum atomic E-state index is 12.6. The van der Waals surface area contributed by atoms with Crippen molar-refractivity contribution in [2.24, 2.45) is 0 Å². The lowest BCUT2D eigenvalue weighted by Gasteiger charge is -2.28. The molecule has 1 atom stereocenters. The number of carboxylic acid groups (broad SMARTS) is 1. The first-order chi connectivity index (χ1) is 20.5. The topological polar surface area (TPSA) is 84.8 Å². The molecule has 1 N–H and O–H groups in total. The summed E-state index contributed by atoms with van der Waals surface area (Å²) < 4.78 is 12.8. The Morgan fingerprint density at radius 2 is 1.79 bits per heavy atom. The zero-order valence-electron chi connectivity index (χ0n) is 24.6. The van der Waals surface area contributed by atoms with E-state index in [0.717, 1.165) is 66.8 Å². The smallest absolute Gasteiger partial charge is 0.337 e. The third kappa shape index (κ3) is 5.83. The number of rotatable bonds is 6. The van der Waals surface area contributed by atoms with Crippen molar-refractivity contribution in [1.82, 2.24) is 9.97 Å². The van der Waals surface area contributed by atoms with E-state index in [0.29, 0.717) is 17.2 Å². The van der Waals surface area contributed by atoms with Crippen LogP contribution in [-0.2, 0) is 9.53 Å². The van der Waals surface area contributed by atoms with E-state index in [1.807, 2.05) is 95.4 Å². The Balaban J connectivity index is 1.51. The fourth-order valence-corrected chi connectivity index (χ4v) is 6.60. The lowest BCUT2D eigenvalue weighted by Crippen LogP contribution is -2.29. The summed E-state index contributed by atoms with van der Waals surface area (Å²) in [4.78, 5) is 24.7. The van der Waals surface area contributed by atoms with E-state index in [-0.39, 0.29) is 0 Å². The maximum Gasteiger partial charge on any atom is 0.337 e. The fourth-order valence-electron chi connectivity index (χ4n) is 5.35. The second kappa shape index (κ2) is 11.3. The van der Waals surface area contributed by atoms with Gasteiger partial charge in [0, 0.05) is 34.3 Å². The highest BCUT2D eigenvalue weighted by molar-refractivity contribution is 7.22. The molecule has 3 aromatic carbocycles. The van der Waals surface area contributed by atoms with Gasteiger partial charge in [0.15, 0.2) is 17.7 Å². The van der Waals surface area contributed by atoms with E-state index in [1.54, 1.807) is 0 Å². The van der Waals surface area contributed by atoms with Gasteiger partial charge in [0.2, 0.25) is 0 Å². The SMILES string of the molecule is Cc1cc2nc(-c3cccc(-c4ccc5c(n4)N(C)CCO5)c3)sc2c(-c2ccc(Cl)cc2)c1C(OC(C)(C)C)C(=O)O. The first-order valence-electron chi connectivity index (χ1n) is 14.0. The summed E-state index contributed by atoms with van der Waals surface area (Å²) in [5.41, 5.74) is 5.95. The summed E-state index contributed by atoms with van der Waals surface area (Å²) in [5.74, 6) is 0.574. The summed E-state index contributed by atoms with van der Waals surface area (Å²) >= 11 is 7.77. The van der Waals surface area contributed by atoms with Gasteiger partial charge in [-0.25, -0.2) is 14.8 Å². The van der Waals surface area contributed by atoms with Gasteiger partial charge >= 0.3 is 5.97 Å². The number of aliphatic carboxylic acids is 1. The predicted octanol–water partition coefficient (Wildman–Crippen LogP) is 8.42. The quantitative estimate of drug-likeness (QED) is 0.206. The van der Waals surface area contributed by atoms with Crippen molar-refractivity contribution >= 4 is 44.9 Å². The molecule has 1 aliphatic heterocycles. The van der Waals surface area contributed by atoms with Crippen LogP contribution in [0.3, 0.4) is 0 Å². The number of aryl methyl sites for hydroxylation is 1. The van der Waals surface area contributed by atoms with Gasteiger partial charge in [-0.05, 0) is 75.2 Å². The van der Waals surface area contributed by atoms with E-state index in [2.05, 4.69) is 11.0 Å². The van der Waals surface area contributed by atoms with Crippen molar-refractivity contribution in [3.8, 4) is 38.7 Å². The maximum absolute atomic E-state index is 12.6. The minimum Gasteiger partial charge on any atom is -0.488 e. The molecule has 7 nitrogen and oxygen atoms in total. The molecule has 6 rings (SSSR count). The molecule has 0 saturated carbocycles. The Bertz CT molecular complexity index is 1850. The zero-order chi connectivity index (χ0) is 30.5. The van der Waals surface area contributed by atoms with Gasteiger partial charge in [0.05, 0.1) is 28.1 Å². The van der Waals surface area contributed by atoms with Gasteiger partial charge in [0.1, 0.15) is 11.6 Å². The Labute approximate surface area is 259 Å². The summed E-state index contributed by atoms with van der Waals surface area (Å²) in [7, 11) is 2.02. The number of halogens is 1. The lowest BCUT2D eigenvalue weighted by atomic mass is 9.91. The molecule has 0 bridgehead atoms. The van der Waals surface area contributed by atoms with Crippen molar-refractivity contribution in [3.63, 3.8) is 0 Å². The van der Waals surface area contributed by atoms with E-state index in [1.165, 1.54) is 11.3 Å². The molecule has 5 aromatic rings. The van der Waals surface area contributed by atoms with Crippen LogP contribution in [0.15, 0.2) is 66.7 Å². The molecule has 0 radical (unpaired) electrons. The molecule has 43 heavy (non-hydrogen) atoms. The molecular weight excluding hydrogens is 582 g/mol. The summed E-state index contributed by atoms with van der Waals surface area (Å²) in [6, 6.07) is 21.5. The second-order valence-corrected chi connectivity index (χ2v) is 13.1. The van der Waals surface area contributed by atoms with Crippen molar-refractivity contribution < 1.29 is 19.4 Å². The van der Waals surface area contributed by atoms with Gasteiger partial charge < -0.3 is 19.5 Å². The summed E-state index contributed by atoms with van der Waals surface area (Å²) in [6.07, 6.45) is -1.17. The van der Waals surface area contributed by atoms with Gasteiger partial charge in [-0.3, -0.25) is 0 Å². The Kier molecular flexibility index (Phi) is 7.62. The average Bonchev–Trinajstić information content (AvgIpc) is 3.39. The third-order valence-electron chi connectivity index (χ3n) is 7.31. The number of likely N-dealkylation sites (N-methyl/N-ethyl adjacent to an activating group) is 1. The van der Waals surface area contributed by atoms with Crippen molar-refractivity contribution in [1.29, 1.82) is 0 Å². The van der Waals surface area contributed by atoms with E-state index in [4.69, 9.17) is 31.0 Å². The molecule has 2 aromatic heterocycles. The van der Waals surface area contributed by atoms with Crippen LogP contribution in [0.1, 0.15) is 38.0 Å². The fraction of sp³-hybridized carbons (Fsp3) is 0.265. The van der Waals surface area contributed by atoms with Crippen LogP contribution in [0.2, 0.25) is 5.02 Å². The van der Waals surface area contributed by atoms with Crippen LogP contribution in [0.5, 0.6) is 5.75 Å². The minimum atomic E-state index is -1.17. The molecular formula is C34H32ClN3O4S. The Morgan fingerprint density at radius 1 is 1.05 bits per heavy atom. The molecule has 0 aliphatic carbocycles. The highest BCUT2D eigenvalue weighted by Crippen LogP contribution is 2.45. The van der Waals surface area contributed by atoms with Crippen molar-refractivity contribution in [2.45, 2.75) is 39.4 Å². The highest BCUT2D eigenvalue weighted by Gasteiger charge is 2.32. The normalized spacial score (nSPS) is 14.0. The number of hydrogen-bond acceptors (Lipinski definition) is 7. The zero-order valence-corrected chi connectivity index (χ0v) is 26.2. The number of hydrogen-bond donors (Lipinski definition) is 1. The van der Waals surface area contributed by atoms with Crippen LogP contribution < -0.4 is 9.64 Å². The largest absolute Gasteiger partial charge is 0.488 e. The van der Waals surface area contributed by atoms with E-state index < -0.39 is 17.7 Å². The number of benzene rings is 3. The highest BCUT2D eigenvalue weighted by atomic mass is 35.5. The molecule has 0 saturated heterocycles. The van der Waals surface area contributed by atoms with Crippen LogP contribution in [0.25, 0.3) is 43.2 Å². The van der Waals surface area contributed by atoms with Gasteiger partial charge in [-0.1, -0.05) is 41.9 Å². The number of anilines is 1. The summed E-state index contributed by atoms with van der Waals surface area (Å²) in [5, 5.41) is 11.8. The predicted molar refractivity (Wildman–Crippen MR) is 173 cm³/mol. The first-order valence-corrected chi connectivity index (χ1v) is 15.2. The van der Waals surface area contributed by atoms with Crippen LogP contribution >= 0.6 is 22.9 Å². The third-order valence-corrected chi connectivity index (χ3v) is 8.70. The minimum absolute atomic E-state index is 0.602. The monoisotopic (exact) mass is 613 g/mol. The number of pyridine rings is 1. The molecule has 0 fully saturated rings. The molecule has 1 unspecified atom stereocenters. The van der Waals surface area contributed by atoms with Crippen molar-refractivity contribution in [2.75, 3.05) is 25.1 Å². The number of fused-ring (bicyclic) bond motifs is 2. The molecule has 0 spiro atoms. The molecule has 9 heteroatoms. The molecule has 1 aliphatic rings. The first kappa shape index (κ1) is 29.1. The van der Waals surface area contributed by atoms with Gasteiger partial charge in [-0.2, -0.15) is 0 Å². The Hall–Kier alpha value is -3.98. The van der Waals surface area contributed by atoms with Crippen molar-refractivity contribution in [3.05, 3.63) is 82.9 Å².